The molecule has 0 spiro atoms. The lowest BCUT2D eigenvalue weighted by Gasteiger charge is -2.17. The second-order valence-electron chi connectivity index (χ2n) is 10.7. The van der Waals surface area contributed by atoms with Crippen LogP contribution in [-0.2, 0) is 42.8 Å². The van der Waals surface area contributed by atoms with E-state index in [4.69, 9.17) is 28.4 Å². The van der Waals surface area contributed by atoms with Crippen molar-refractivity contribution in [3.63, 3.8) is 0 Å². The van der Waals surface area contributed by atoms with Gasteiger partial charge in [-0.3, -0.25) is 14.4 Å². The number of hydrogen-bond acceptors (Lipinski definition) is 10. The van der Waals surface area contributed by atoms with Gasteiger partial charge < -0.3 is 39.1 Å². The molecule has 1 atom stereocenters. The molecule has 0 heterocycles. The topological polar surface area (TPSA) is 131 Å². The number of ketones is 1. The van der Waals surface area contributed by atoms with Gasteiger partial charge in [-0.25, -0.2) is 0 Å². The minimum absolute atomic E-state index is 0.0328. The normalized spacial score (nSPS) is 12.3. The lowest BCUT2D eigenvalue weighted by atomic mass is 10.1. The number of ether oxygens (including phenoxy) is 6. The first-order valence-electron chi connectivity index (χ1n) is 14.8. The molecule has 0 rings (SSSR count). The predicted octanol–water partition coefficient (Wildman–Crippen LogP) is 2.35. The van der Waals surface area contributed by atoms with E-state index in [1.165, 1.54) is 11.8 Å². The molecule has 2 amide bonds. The smallest absolute Gasteiger partial charge is 0.233 e. The fourth-order valence-electron chi connectivity index (χ4n) is 2.96. The fourth-order valence-corrected chi connectivity index (χ4v) is 4.16. The molecule has 0 aliphatic rings. The number of rotatable bonds is 29. The summed E-state index contributed by atoms with van der Waals surface area (Å²) in [5.74, 6) is 0.498. The van der Waals surface area contributed by atoms with Gasteiger partial charge in [-0.1, -0.05) is 41.5 Å². The Balaban J connectivity index is 4.13. The highest BCUT2D eigenvalue weighted by Crippen LogP contribution is 2.17. The average Bonchev–Trinajstić information content (AvgIpc) is 2.91. The van der Waals surface area contributed by atoms with Crippen molar-refractivity contribution in [1.29, 1.82) is 0 Å². The summed E-state index contributed by atoms with van der Waals surface area (Å²) in [6, 6.07) is 0. The first-order chi connectivity index (χ1) is 19.6. The molecular formula is C29H56N2O9S. The quantitative estimate of drug-likeness (QED) is 0.122. The van der Waals surface area contributed by atoms with Gasteiger partial charge in [-0.2, -0.15) is 0 Å². The summed E-state index contributed by atoms with van der Waals surface area (Å²) in [5, 5.41) is 4.89. The van der Waals surface area contributed by atoms with Crippen LogP contribution in [0.25, 0.3) is 0 Å². The van der Waals surface area contributed by atoms with Gasteiger partial charge in [0.2, 0.25) is 11.8 Å². The number of carbonyl (C=O) groups is 3. The molecule has 1 unspecified atom stereocenters. The van der Waals surface area contributed by atoms with Crippen molar-refractivity contribution in [3.05, 3.63) is 0 Å². The Morgan fingerprint density at radius 3 is 1.44 bits per heavy atom. The van der Waals surface area contributed by atoms with Gasteiger partial charge in [0.1, 0.15) is 5.78 Å². The number of nitrogens with one attached hydrogen (secondary N) is 2. The average molecular weight is 609 g/mol. The largest absolute Gasteiger partial charge is 0.379 e. The molecule has 242 valence electrons. The van der Waals surface area contributed by atoms with Crippen molar-refractivity contribution >= 4 is 29.4 Å². The Hall–Kier alpha value is -1.28. The molecule has 0 fully saturated rings. The number of carbonyl (C=O) groups excluding carboxylic acids is 3. The number of hydrogen-bond donors (Lipinski definition) is 2. The molecule has 0 bridgehead atoms. The van der Waals surface area contributed by atoms with E-state index >= 15 is 0 Å². The monoisotopic (exact) mass is 608 g/mol. The lowest BCUT2D eigenvalue weighted by molar-refractivity contribution is -0.126. The van der Waals surface area contributed by atoms with Crippen LogP contribution in [0.1, 0.15) is 48.0 Å². The van der Waals surface area contributed by atoms with Gasteiger partial charge in [0.25, 0.3) is 0 Å². The van der Waals surface area contributed by atoms with Crippen LogP contribution in [-0.4, -0.2) is 121 Å². The summed E-state index contributed by atoms with van der Waals surface area (Å²) in [4.78, 5) is 37.3. The highest BCUT2D eigenvalue weighted by Gasteiger charge is 2.24. The van der Waals surface area contributed by atoms with E-state index < -0.39 is 5.25 Å². The first-order valence-corrected chi connectivity index (χ1v) is 15.8. The number of amides is 2. The van der Waals surface area contributed by atoms with E-state index in [1.54, 1.807) is 0 Å². The van der Waals surface area contributed by atoms with E-state index in [0.717, 1.165) is 0 Å². The van der Waals surface area contributed by atoms with Gasteiger partial charge in [0.15, 0.2) is 0 Å². The number of thioether (sulfide) groups is 1. The zero-order chi connectivity index (χ0) is 30.7. The minimum Gasteiger partial charge on any atom is -0.379 e. The number of Topliss-reactive ketones (excluding diaryl/α,β-unsaturated/α-hetero) is 1. The molecule has 0 radical (unpaired) electrons. The standard InChI is InChI=1S/C29H56N2O9S/c1-23(2)20-39-17-15-37-13-11-35-9-7-30-28(33)19-27(41-22-26(32)25(5)6)29(34)31-8-10-36-12-14-38-16-18-40-21-24(3)4/h23-25,27H,7-22H2,1-6H3,(H,30,33)(H,31,34). The molecule has 0 aromatic heterocycles. The Labute approximate surface area is 251 Å². The van der Waals surface area contributed by atoms with Crippen LogP contribution in [0.2, 0.25) is 0 Å². The second-order valence-corrected chi connectivity index (χ2v) is 11.8. The highest BCUT2D eigenvalue weighted by atomic mass is 32.2. The summed E-state index contributed by atoms with van der Waals surface area (Å²) in [6.45, 7) is 18.6. The third-order valence-electron chi connectivity index (χ3n) is 5.24. The maximum absolute atomic E-state index is 12.8. The van der Waals surface area contributed by atoms with E-state index in [9.17, 15) is 14.4 Å². The zero-order valence-electron chi connectivity index (χ0n) is 26.2. The van der Waals surface area contributed by atoms with Crippen LogP contribution in [0.5, 0.6) is 0 Å². The maximum Gasteiger partial charge on any atom is 0.233 e. The fraction of sp³-hybridized carbons (Fsp3) is 0.897. The third-order valence-corrected chi connectivity index (χ3v) is 6.47. The Morgan fingerprint density at radius 1 is 0.585 bits per heavy atom. The summed E-state index contributed by atoms with van der Waals surface area (Å²) in [6.07, 6.45) is -0.0328. The lowest BCUT2D eigenvalue weighted by Crippen LogP contribution is -2.39. The zero-order valence-corrected chi connectivity index (χ0v) is 27.0. The van der Waals surface area contributed by atoms with E-state index in [1.807, 2.05) is 13.8 Å². The molecule has 0 aromatic rings. The van der Waals surface area contributed by atoms with Crippen molar-refractivity contribution < 1.29 is 42.8 Å². The molecule has 0 saturated heterocycles. The molecule has 0 aliphatic carbocycles. The summed E-state index contributed by atoms with van der Waals surface area (Å²) in [7, 11) is 0. The van der Waals surface area contributed by atoms with Crippen molar-refractivity contribution in [2.75, 3.05) is 98.1 Å². The van der Waals surface area contributed by atoms with Crippen molar-refractivity contribution in [3.8, 4) is 0 Å². The van der Waals surface area contributed by atoms with Gasteiger partial charge in [0, 0.05) is 38.6 Å². The van der Waals surface area contributed by atoms with Gasteiger partial charge >= 0.3 is 0 Å². The van der Waals surface area contributed by atoms with Crippen molar-refractivity contribution in [1.82, 2.24) is 10.6 Å². The van der Waals surface area contributed by atoms with Gasteiger partial charge in [-0.05, 0) is 11.8 Å². The molecule has 0 aromatic carbocycles. The first kappa shape index (κ1) is 39.7. The predicted molar refractivity (Wildman–Crippen MR) is 161 cm³/mol. The molecule has 12 heteroatoms. The van der Waals surface area contributed by atoms with E-state index in [2.05, 4.69) is 38.3 Å². The Bertz CT molecular complexity index is 666. The minimum atomic E-state index is -0.681. The van der Waals surface area contributed by atoms with Crippen LogP contribution in [0.15, 0.2) is 0 Å². The molecule has 0 saturated carbocycles. The Kier molecular flexibility index (Phi) is 26.7. The van der Waals surface area contributed by atoms with Gasteiger partial charge in [-0.15, -0.1) is 11.8 Å². The summed E-state index contributed by atoms with van der Waals surface area (Å²) >= 11 is 1.18. The van der Waals surface area contributed by atoms with Crippen LogP contribution in [0, 0.1) is 17.8 Å². The second kappa shape index (κ2) is 27.5. The van der Waals surface area contributed by atoms with Crippen molar-refractivity contribution in [2.45, 2.75) is 53.2 Å². The molecule has 41 heavy (non-hydrogen) atoms. The van der Waals surface area contributed by atoms with Crippen LogP contribution in [0.4, 0.5) is 0 Å². The van der Waals surface area contributed by atoms with Crippen molar-refractivity contribution in [2.24, 2.45) is 17.8 Å². The van der Waals surface area contributed by atoms with E-state index in [-0.39, 0.29) is 35.7 Å². The molecular weight excluding hydrogens is 552 g/mol. The van der Waals surface area contributed by atoms with Crippen LogP contribution >= 0.6 is 11.8 Å². The Morgan fingerprint density at radius 2 is 1.00 bits per heavy atom. The summed E-state index contributed by atoms with van der Waals surface area (Å²) < 4.78 is 32.7. The third kappa shape index (κ3) is 27.3. The van der Waals surface area contributed by atoms with E-state index in [0.29, 0.717) is 104 Å². The molecule has 2 N–H and O–H groups in total. The summed E-state index contributed by atoms with van der Waals surface area (Å²) in [5.41, 5.74) is 0. The molecule has 0 aliphatic heterocycles. The van der Waals surface area contributed by atoms with Crippen LogP contribution < -0.4 is 10.6 Å². The van der Waals surface area contributed by atoms with Crippen LogP contribution in [0.3, 0.4) is 0 Å². The maximum atomic E-state index is 12.8. The highest BCUT2D eigenvalue weighted by molar-refractivity contribution is 8.01. The van der Waals surface area contributed by atoms with Gasteiger partial charge in [0.05, 0.1) is 77.1 Å². The molecule has 11 nitrogen and oxygen atoms in total. The SMILES string of the molecule is CC(C)COCCOCCOCCNC(=O)CC(SCC(=O)C(C)C)C(=O)NCCOCCOCCOCC(C)C.